The first kappa shape index (κ1) is 14.3. The zero-order chi connectivity index (χ0) is 11.8. The molecular formula is C10H22N2O3. The number of nitrogens with one attached hydrogen (secondary N) is 1. The maximum atomic E-state index is 11.5. The molecule has 2 atom stereocenters. The summed E-state index contributed by atoms with van der Waals surface area (Å²) >= 11 is 0. The molecule has 90 valence electrons. The first-order valence-corrected chi connectivity index (χ1v) is 5.17. The lowest BCUT2D eigenvalue weighted by Gasteiger charge is -2.19. The molecule has 0 saturated carbocycles. The largest absolute Gasteiger partial charge is 0.394 e. The summed E-state index contributed by atoms with van der Waals surface area (Å²) in [6.45, 7) is 4.16. The van der Waals surface area contributed by atoms with E-state index in [0.29, 0.717) is 12.3 Å². The topological polar surface area (TPSA) is 84.6 Å². The summed E-state index contributed by atoms with van der Waals surface area (Å²) in [4.78, 5) is 11.5. The fourth-order valence-electron chi connectivity index (χ4n) is 1.26. The van der Waals surface area contributed by atoms with E-state index in [1.54, 1.807) is 0 Å². The molecule has 0 rings (SSSR count). The normalized spacial score (nSPS) is 15.1. The number of ether oxygens (including phenoxy) is 1. The van der Waals surface area contributed by atoms with Crippen LogP contribution in [0.2, 0.25) is 0 Å². The van der Waals surface area contributed by atoms with E-state index in [1.807, 2.05) is 13.8 Å². The van der Waals surface area contributed by atoms with Gasteiger partial charge in [0.15, 0.2) is 0 Å². The first-order chi connectivity index (χ1) is 7.01. The Morgan fingerprint density at radius 2 is 2.13 bits per heavy atom. The third kappa shape index (κ3) is 6.43. The highest BCUT2D eigenvalue weighted by Gasteiger charge is 2.18. The molecule has 0 bridgehead atoms. The molecule has 0 aliphatic heterocycles. The summed E-state index contributed by atoms with van der Waals surface area (Å²) in [6, 6.07) is -0.892. The Bertz CT molecular complexity index is 186. The Balaban J connectivity index is 3.98. The van der Waals surface area contributed by atoms with Crippen LogP contribution >= 0.6 is 0 Å². The number of hydrogen-bond acceptors (Lipinski definition) is 4. The molecule has 4 N–H and O–H groups in total. The van der Waals surface area contributed by atoms with Gasteiger partial charge >= 0.3 is 0 Å². The van der Waals surface area contributed by atoms with Crippen LogP contribution in [0.25, 0.3) is 0 Å². The molecule has 15 heavy (non-hydrogen) atoms. The van der Waals surface area contributed by atoms with E-state index in [0.717, 1.165) is 0 Å². The summed E-state index contributed by atoms with van der Waals surface area (Å²) in [5, 5.41) is 11.6. The molecular weight excluding hydrogens is 196 g/mol. The summed E-state index contributed by atoms with van der Waals surface area (Å²) in [6.07, 6.45) is 0.636. The van der Waals surface area contributed by atoms with Gasteiger partial charge in [0.1, 0.15) is 0 Å². The molecule has 1 amide bonds. The Labute approximate surface area is 91.0 Å². The van der Waals surface area contributed by atoms with Crippen molar-refractivity contribution in [3.8, 4) is 0 Å². The van der Waals surface area contributed by atoms with Crippen molar-refractivity contribution in [1.82, 2.24) is 5.32 Å². The third-order valence-corrected chi connectivity index (χ3v) is 2.00. The van der Waals surface area contributed by atoms with Crippen LogP contribution in [0.4, 0.5) is 0 Å². The smallest absolute Gasteiger partial charge is 0.237 e. The van der Waals surface area contributed by atoms with Crippen LogP contribution < -0.4 is 11.1 Å². The number of aliphatic hydroxyl groups is 1. The van der Waals surface area contributed by atoms with Crippen molar-refractivity contribution in [1.29, 1.82) is 0 Å². The maximum absolute atomic E-state index is 11.5. The van der Waals surface area contributed by atoms with E-state index in [-0.39, 0.29) is 25.2 Å². The Morgan fingerprint density at radius 3 is 2.53 bits per heavy atom. The van der Waals surface area contributed by atoms with Crippen molar-refractivity contribution in [2.24, 2.45) is 11.7 Å². The van der Waals surface area contributed by atoms with E-state index in [2.05, 4.69) is 5.32 Å². The molecule has 0 fully saturated rings. The molecule has 5 nitrogen and oxygen atoms in total. The fraction of sp³-hybridized carbons (Fsp3) is 0.900. The van der Waals surface area contributed by atoms with E-state index < -0.39 is 6.04 Å². The van der Waals surface area contributed by atoms with Crippen LogP contribution in [0.5, 0.6) is 0 Å². The van der Waals surface area contributed by atoms with Crippen molar-refractivity contribution in [3.05, 3.63) is 0 Å². The van der Waals surface area contributed by atoms with Crippen LogP contribution in [0.15, 0.2) is 0 Å². The number of hydrogen-bond donors (Lipinski definition) is 3. The average Bonchev–Trinajstić information content (AvgIpc) is 2.15. The summed E-state index contributed by atoms with van der Waals surface area (Å²) in [5.74, 6) is 0.139. The highest BCUT2D eigenvalue weighted by molar-refractivity contribution is 5.81. The van der Waals surface area contributed by atoms with E-state index >= 15 is 0 Å². The number of amides is 1. The molecule has 0 spiro atoms. The second-order valence-corrected chi connectivity index (χ2v) is 4.08. The molecule has 0 aromatic heterocycles. The third-order valence-electron chi connectivity index (χ3n) is 2.00. The van der Waals surface area contributed by atoms with Crippen molar-refractivity contribution in [2.75, 3.05) is 20.3 Å². The van der Waals surface area contributed by atoms with Gasteiger partial charge in [0.2, 0.25) is 5.91 Å². The maximum Gasteiger partial charge on any atom is 0.237 e. The summed E-state index contributed by atoms with van der Waals surface area (Å²) in [5.41, 5.74) is 5.68. The molecule has 0 saturated heterocycles. The molecule has 0 heterocycles. The number of aliphatic hydroxyl groups excluding tert-OH is 1. The summed E-state index contributed by atoms with van der Waals surface area (Å²) in [7, 11) is 1.52. The summed E-state index contributed by atoms with van der Waals surface area (Å²) < 4.78 is 4.84. The number of carbonyl (C=O) groups is 1. The van der Waals surface area contributed by atoms with Gasteiger partial charge in [-0.1, -0.05) is 13.8 Å². The number of carbonyl (C=O) groups excluding carboxylic acids is 1. The predicted octanol–water partition coefficient (Wildman–Crippen LogP) is -0.517. The van der Waals surface area contributed by atoms with Crippen LogP contribution in [-0.2, 0) is 9.53 Å². The monoisotopic (exact) mass is 218 g/mol. The highest BCUT2D eigenvalue weighted by atomic mass is 16.5. The lowest BCUT2D eigenvalue weighted by atomic mass is 10.0. The molecule has 0 aliphatic carbocycles. The van der Waals surface area contributed by atoms with Gasteiger partial charge in [0.05, 0.1) is 25.3 Å². The lowest BCUT2D eigenvalue weighted by Crippen LogP contribution is -2.48. The second kappa shape index (κ2) is 7.62. The SMILES string of the molecule is COCC(CO)NC(=O)C(N)CC(C)C. The van der Waals surface area contributed by atoms with Crippen LogP contribution in [0, 0.1) is 5.92 Å². The van der Waals surface area contributed by atoms with Gasteiger partial charge in [-0.25, -0.2) is 0 Å². The van der Waals surface area contributed by atoms with Crippen molar-refractivity contribution >= 4 is 5.91 Å². The van der Waals surface area contributed by atoms with Crippen LogP contribution in [0.1, 0.15) is 20.3 Å². The van der Waals surface area contributed by atoms with E-state index in [1.165, 1.54) is 7.11 Å². The quantitative estimate of drug-likeness (QED) is 0.537. The number of rotatable bonds is 7. The molecule has 0 aromatic rings. The van der Waals surface area contributed by atoms with Crippen molar-refractivity contribution in [3.63, 3.8) is 0 Å². The zero-order valence-electron chi connectivity index (χ0n) is 9.69. The Hall–Kier alpha value is -0.650. The van der Waals surface area contributed by atoms with Crippen LogP contribution in [0.3, 0.4) is 0 Å². The van der Waals surface area contributed by atoms with Gasteiger partial charge in [-0.3, -0.25) is 4.79 Å². The van der Waals surface area contributed by atoms with Gasteiger partial charge in [0.25, 0.3) is 0 Å². The molecule has 0 radical (unpaired) electrons. The van der Waals surface area contributed by atoms with Crippen molar-refractivity contribution in [2.45, 2.75) is 32.4 Å². The fourth-order valence-corrected chi connectivity index (χ4v) is 1.26. The number of nitrogens with two attached hydrogens (primary N) is 1. The molecule has 0 aromatic carbocycles. The minimum atomic E-state index is -0.518. The van der Waals surface area contributed by atoms with Crippen molar-refractivity contribution < 1.29 is 14.6 Å². The van der Waals surface area contributed by atoms with Gasteiger partial charge in [0, 0.05) is 7.11 Å². The van der Waals surface area contributed by atoms with Crippen LogP contribution in [-0.4, -0.2) is 43.4 Å². The Kier molecular flexibility index (Phi) is 7.29. The molecule has 0 aliphatic rings. The van der Waals surface area contributed by atoms with Gasteiger partial charge in [-0.15, -0.1) is 0 Å². The first-order valence-electron chi connectivity index (χ1n) is 5.17. The van der Waals surface area contributed by atoms with Gasteiger partial charge in [-0.2, -0.15) is 0 Å². The minimum Gasteiger partial charge on any atom is -0.394 e. The van der Waals surface area contributed by atoms with E-state index in [4.69, 9.17) is 15.6 Å². The van der Waals surface area contributed by atoms with Gasteiger partial charge in [-0.05, 0) is 12.3 Å². The number of methoxy groups -OCH3 is 1. The van der Waals surface area contributed by atoms with E-state index in [9.17, 15) is 4.79 Å². The molecule has 2 unspecified atom stereocenters. The highest BCUT2D eigenvalue weighted by Crippen LogP contribution is 2.02. The predicted molar refractivity (Wildman–Crippen MR) is 58.3 cm³/mol. The molecule has 5 heteroatoms. The second-order valence-electron chi connectivity index (χ2n) is 4.08. The average molecular weight is 218 g/mol. The minimum absolute atomic E-state index is 0.145. The Morgan fingerprint density at radius 1 is 1.53 bits per heavy atom. The standard InChI is InChI=1S/C10H22N2O3/c1-7(2)4-9(11)10(14)12-8(5-13)6-15-3/h7-9,13H,4-6,11H2,1-3H3,(H,12,14). The zero-order valence-corrected chi connectivity index (χ0v) is 9.69. The lowest BCUT2D eigenvalue weighted by molar-refractivity contribution is -0.124. The van der Waals surface area contributed by atoms with Gasteiger partial charge < -0.3 is 20.9 Å².